The van der Waals surface area contributed by atoms with E-state index in [1.54, 1.807) is 25.1 Å². The molecular formula is C23H22N2O3. The Morgan fingerprint density at radius 1 is 1.00 bits per heavy atom. The molecule has 1 heterocycles. The number of para-hydroxylation sites is 2. The maximum absolute atomic E-state index is 13.3. The van der Waals surface area contributed by atoms with Crippen molar-refractivity contribution in [3.05, 3.63) is 72.3 Å². The first kappa shape index (κ1) is 18.0. The van der Waals surface area contributed by atoms with E-state index in [1.165, 1.54) is 4.90 Å². The second-order valence-corrected chi connectivity index (χ2v) is 7.13. The Balaban J connectivity index is 1.66. The van der Waals surface area contributed by atoms with E-state index in [4.69, 9.17) is 4.74 Å². The smallest absolute Gasteiger partial charge is 0.265 e. The van der Waals surface area contributed by atoms with Crippen LogP contribution in [-0.4, -0.2) is 43.5 Å². The number of likely N-dealkylation sites (N-methyl/N-ethyl adjacent to an activating group) is 1. The number of benzene rings is 3. The number of nitrogens with zero attached hydrogens (tertiary/aromatic N) is 2. The number of carbonyl (C=O) groups is 2. The van der Waals surface area contributed by atoms with Gasteiger partial charge in [0.2, 0.25) is 5.91 Å². The monoisotopic (exact) mass is 374 g/mol. The van der Waals surface area contributed by atoms with Gasteiger partial charge in [-0.25, -0.2) is 0 Å². The average Bonchev–Trinajstić information content (AvgIpc) is 2.72. The van der Waals surface area contributed by atoms with Crippen LogP contribution in [0.15, 0.2) is 66.7 Å². The summed E-state index contributed by atoms with van der Waals surface area (Å²) in [4.78, 5) is 28.9. The number of hydrogen-bond donors (Lipinski definition) is 0. The SMILES string of the molecule is CN(C)C(=O)C1CN(C(=O)Cc2cccc3ccccc23)c2ccccc2O1. The van der Waals surface area contributed by atoms with E-state index in [1.807, 2.05) is 60.7 Å². The molecule has 2 amide bonds. The molecule has 0 fully saturated rings. The Morgan fingerprint density at radius 2 is 1.71 bits per heavy atom. The fourth-order valence-electron chi connectivity index (χ4n) is 3.59. The molecular weight excluding hydrogens is 352 g/mol. The molecule has 5 nitrogen and oxygen atoms in total. The Kier molecular flexibility index (Phi) is 4.74. The zero-order chi connectivity index (χ0) is 19.7. The molecule has 5 heteroatoms. The summed E-state index contributed by atoms with van der Waals surface area (Å²) >= 11 is 0. The van der Waals surface area contributed by atoms with Crippen molar-refractivity contribution >= 4 is 28.3 Å². The fraction of sp³-hybridized carbons (Fsp3) is 0.217. The van der Waals surface area contributed by atoms with Gasteiger partial charge in [-0.15, -0.1) is 0 Å². The topological polar surface area (TPSA) is 49.9 Å². The third-order valence-electron chi connectivity index (χ3n) is 5.01. The average molecular weight is 374 g/mol. The third kappa shape index (κ3) is 3.31. The van der Waals surface area contributed by atoms with Gasteiger partial charge in [0.15, 0.2) is 6.10 Å². The van der Waals surface area contributed by atoms with Gasteiger partial charge in [0, 0.05) is 14.1 Å². The minimum Gasteiger partial charge on any atom is -0.476 e. The molecule has 0 radical (unpaired) electrons. The molecule has 1 unspecified atom stereocenters. The van der Waals surface area contributed by atoms with Gasteiger partial charge < -0.3 is 14.5 Å². The lowest BCUT2D eigenvalue weighted by molar-refractivity contribution is -0.136. The van der Waals surface area contributed by atoms with E-state index < -0.39 is 6.10 Å². The highest BCUT2D eigenvalue weighted by molar-refractivity contribution is 6.00. The van der Waals surface area contributed by atoms with E-state index >= 15 is 0 Å². The van der Waals surface area contributed by atoms with E-state index in [0.29, 0.717) is 11.4 Å². The maximum atomic E-state index is 13.3. The van der Waals surface area contributed by atoms with Crippen LogP contribution in [0, 0.1) is 0 Å². The molecule has 0 aromatic heterocycles. The minimum atomic E-state index is -0.707. The Bertz CT molecular complexity index is 1040. The summed E-state index contributed by atoms with van der Waals surface area (Å²) < 4.78 is 5.87. The summed E-state index contributed by atoms with van der Waals surface area (Å²) in [6, 6.07) is 21.4. The van der Waals surface area contributed by atoms with Crippen LogP contribution < -0.4 is 9.64 Å². The summed E-state index contributed by atoms with van der Waals surface area (Å²) in [5.74, 6) is 0.348. The van der Waals surface area contributed by atoms with Gasteiger partial charge in [-0.2, -0.15) is 0 Å². The molecule has 0 bridgehead atoms. The van der Waals surface area contributed by atoms with Crippen LogP contribution in [0.3, 0.4) is 0 Å². The first-order chi connectivity index (χ1) is 13.5. The Hall–Kier alpha value is -3.34. The number of rotatable bonds is 3. The summed E-state index contributed by atoms with van der Waals surface area (Å²) in [6.07, 6.45) is -0.445. The van der Waals surface area contributed by atoms with Crippen LogP contribution in [0.4, 0.5) is 5.69 Å². The van der Waals surface area contributed by atoms with Crippen molar-refractivity contribution in [2.75, 3.05) is 25.5 Å². The summed E-state index contributed by atoms with van der Waals surface area (Å²) in [5.41, 5.74) is 1.68. The van der Waals surface area contributed by atoms with Gasteiger partial charge >= 0.3 is 0 Å². The van der Waals surface area contributed by atoms with E-state index in [2.05, 4.69) is 0 Å². The molecule has 0 N–H and O–H groups in total. The molecule has 0 aliphatic carbocycles. The summed E-state index contributed by atoms with van der Waals surface area (Å²) in [7, 11) is 3.38. The van der Waals surface area contributed by atoms with Crippen LogP contribution in [-0.2, 0) is 16.0 Å². The second kappa shape index (κ2) is 7.35. The van der Waals surface area contributed by atoms with Gasteiger partial charge in [0.05, 0.1) is 18.7 Å². The van der Waals surface area contributed by atoms with E-state index in [9.17, 15) is 9.59 Å². The second-order valence-electron chi connectivity index (χ2n) is 7.13. The van der Waals surface area contributed by atoms with Crippen molar-refractivity contribution in [3.63, 3.8) is 0 Å². The lowest BCUT2D eigenvalue weighted by Gasteiger charge is -2.35. The number of fused-ring (bicyclic) bond motifs is 2. The fourth-order valence-corrected chi connectivity index (χ4v) is 3.59. The Labute approximate surface area is 164 Å². The maximum Gasteiger partial charge on any atom is 0.265 e. The zero-order valence-corrected chi connectivity index (χ0v) is 16.0. The predicted molar refractivity (Wildman–Crippen MR) is 110 cm³/mol. The summed E-state index contributed by atoms with van der Waals surface area (Å²) in [6.45, 7) is 0.206. The van der Waals surface area contributed by atoms with Crippen LogP contribution >= 0.6 is 0 Å². The van der Waals surface area contributed by atoms with Crippen molar-refractivity contribution in [2.45, 2.75) is 12.5 Å². The van der Waals surface area contributed by atoms with E-state index in [-0.39, 0.29) is 24.8 Å². The van der Waals surface area contributed by atoms with Gasteiger partial charge in [0.25, 0.3) is 5.91 Å². The van der Waals surface area contributed by atoms with Crippen molar-refractivity contribution < 1.29 is 14.3 Å². The minimum absolute atomic E-state index is 0.0522. The van der Waals surface area contributed by atoms with Crippen molar-refractivity contribution in [3.8, 4) is 5.75 Å². The van der Waals surface area contributed by atoms with Crippen molar-refractivity contribution in [1.82, 2.24) is 4.90 Å². The number of carbonyl (C=O) groups excluding carboxylic acids is 2. The number of ether oxygens (including phenoxy) is 1. The highest BCUT2D eigenvalue weighted by Crippen LogP contribution is 2.34. The van der Waals surface area contributed by atoms with Crippen molar-refractivity contribution in [2.24, 2.45) is 0 Å². The molecule has 142 valence electrons. The Morgan fingerprint density at radius 3 is 2.54 bits per heavy atom. The van der Waals surface area contributed by atoms with Gasteiger partial charge in [-0.3, -0.25) is 9.59 Å². The first-order valence-electron chi connectivity index (χ1n) is 9.28. The van der Waals surface area contributed by atoms with Crippen LogP contribution in [0.5, 0.6) is 5.75 Å². The van der Waals surface area contributed by atoms with E-state index in [0.717, 1.165) is 16.3 Å². The zero-order valence-electron chi connectivity index (χ0n) is 16.0. The third-order valence-corrected chi connectivity index (χ3v) is 5.01. The molecule has 1 aliphatic rings. The van der Waals surface area contributed by atoms with Crippen molar-refractivity contribution in [1.29, 1.82) is 0 Å². The quantitative estimate of drug-likeness (QED) is 0.707. The first-order valence-corrected chi connectivity index (χ1v) is 9.28. The lowest BCUT2D eigenvalue weighted by atomic mass is 10.0. The number of anilines is 1. The number of hydrogen-bond acceptors (Lipinski definition) is 3. The number of amides is 2. The lowest BCUT2D eigenvalue weighted by Crippen LogP contribution is -2.50. The van der Waals surface area contributed by atoms with Gasteiger partial charge in [0.1, 0.15) is 5.75 Å². The van der Waals surface area contributed by atoms with Crippen LogP contribution in [0.1, 0.15) is 5.56 Å². The molecule has 28 heavy (non-hydrogen) atoms. The molecule has 4 rings (SSSR count). The molecule has 0 saturated carbocycles. The molecule has 1 aliphatic heterocycles. The largest absolute Gasteiger partial charge is 0.476 e. The highest BCUT2D eigenvalue weighted by atomic mass is 16.5. The van der Waals surface area contributed by atoms with Gasteiger partial charge in [-0.05, 0) is 28.5 Å². The molecule has 0 saturated heterocycles. The predicted octanol–water partition coefficient (Wildman–Crippen LogP) is 3.26. The van der Waals surface area contributed by atoms with Gasteiger partial charge in [-0.1, -0.05) is 54.6 Å². The molecule has 3 aromatic rings. The normalized spacial score (nSPS) is 15.6. The standard InChI is InChI=1S/C23H22N2O3/c1-24(2)23(27)21-15-25(19-12-5-6-13-20(19)28-21)22(26)14-17-10-7-9-16-8-3-4-11-18(16)17/h3-13,21H,14-15H2,1-2H3. The highest BCUT2D eigenvalue weighted by Gasteiger charge is 2.34. The van der Waals surface area contributed by atoms with Crippen LogP contribution in [0.25, 0.3) is 10.8 Å². The molecule has 1 atom stereocenters. The summed E-state index contributed by atoms with van der Waals surface area (Å²) in [5, 5.41) is 2.18. The van der Waals surface area contributed by atoms with Crippen LogP contribution in [0.2, 0.25) is 0 Å². The molecule has 0 spiro atoms. The molecule has 3 aromatic carbocycles.